The summed E-state index contributed by atoms with van der Waals surface area (Å²) in [6.45, 7) is 3.74. The Kier molecular flexibility index (Phi) is 5.32. The van der Waals surface area contributed by atoms with Gasteiger partial charge in [-0.05, 0) is 24.3 Å². The van der Waals surface area contributed by atoms with E-state index in [1.54, 1.807) is 12.1 Å². The summed E-state index contributed by atoms with van der Waals surface area (Å²) in [6, 6.07) is 6.23. The minimum atomic E-state index is -0.264. The number of rotatable bonds is 5. The minimum absolute atomic E-state index is 0.00886. The molecule has 1 fully saturated rings. The number of amides is 1. The average molecular weight is 335 g/mol. The van der Waals surface area contributed by atoms with Crippen molar-refractivity contribution in [3.63, 3.8) is 0 Å². The van der Waals surface area contributed by atoms with Crippen molar-refractivity contribution in [1.29, 1.82) is 0 Å². The van der Waals surface area contributed by atoms with Gasteiger partial charge < -0.3 is 10.1 Å². The molecule has 0 atom stereocenters. The smallest absolute Gasteiger partial charge is 0.234 e. The van der Waals surface area contributed by atoms with Crippen LogP contribution in [0.25, 0.3) is 11.3 Å². The standard InChI is InChI=1S/C16H18FN3O2S/c17-13-3-1-12(2-4-13)14-11-23-16(19-14)9-18-15(21)10-20-5-7-22-8-6-20/h1-4,11H,5-10H2,(H,18,21). The molecule has 2 heterocycles. The Morgan fingerprint density at radius 3 is 2.78 bits per heavy atom. The van der Waals surface area contributed by atoms with Gasteiger partial charge in [-0.1, -0.05) is 0 Å². The molecule has 0 unspecified atom stereocenters. The third kappa shape index (κ3) is 4.57. The van der Waals surface area contributed by atoms with Gasteiger partial charge in [0, 0.05) is 24.0 Å². The highest BCUT2D eigenvalue weighted by atomic mass is 32.1. The minimum Gasteiger partial charge on any atom is -0.379 e. The van der Waals surface area contributed by atoms with Crippen LogP contribution in [0, 0.1) is 5.82 Å². The van der Waals surface area contributed by atoms with Crippen LogP contribution >= 0.6 is 11.3 Å². The van der Waals surface area contributed by atoms with Crippen LogP contribution in [0.5, 0.6) is 0 Å². The van der Waals surface area contributed by atoms with E-state index in [0.29, 0.717) is 26.3 Å². The lowest BCUT2D eigenvalue weighted by Crippen LogP contribution is -2.43. The Bertz CT molecular complexity index is 654. The Hall–Kier alpha value is -1.83. The molecule has 1 amide bonds. The van der Waals surface area contributed by atoms with Gasteiger partial charge in [-0.2, -0.15) is 0 Å². The van der Waals surface area contributed by atoms with Crippen molar-refractivity contribution in [2.75, 3.05) is 32.8 Å². The molecule has 0 bridgehead atoms. The van der Waals surface area contributed by atoms with Crippen molar-refractivity contribution in [2.45, 2.75) is 6.54 Å². The highest BCUT2D eigenvalue weighted by molar-refractivity contribution is 7.09. The summed E-state index contributed by atoms with van der Waals surface area (Å²) in [5.41, 5.74) is 1.67. The summed E-state index contributed by atoms with van der Waals surface area (Å²) in [5, 5.41) is 5.63. The summed E-state index contributed by atoms with van der Waals surface area (Å²) in [4.78, 5) is 18.5. The van der Waals surface area contributed by atoms with Crippen molar-refractivity contribution >= 4 is 17.2 Å². The fraction of sp³-hybridized carbons (Fsp3) is 0.375. The van der Waals surface area contributed by atoms with E-state index in [1.807, 2.05) is 5.38 Å². The topological polar surface area (TPSA) is 54.5 Å². The zero-order chi connectivity index (χ0) is 16.1. The Morgan fingerprint density at radius 1 is 1.30 bits per heavy atom. The predicted octanol–water partition coefficient (Wildman–Crippen LogP) is 1.90. The molecule has 3 rings (SSSR count). The number of halogens is 1. The molecule has 1 aliphatic heterocycles. The Labute approximate surface area is 138 Å². The van der Waals surface area contributed by atoms with Crippen LogP contribution in [0.15, 0.2) is 29.6 Å². The first-order chi connectivity index (χ1) is 11.2. The van der Waals surface area contributed by atoms with E-state index in [-0.39, 0.29) is 11.7 Å². The number of aromatic nitrogens is 1. The molecule has 5 nitrogen and oxygen atoms in total. The SMILES string of the molecule is O=C(CN1CCOCC1)NCc1nc(-c2ccc(F)cc2)cs1. The number of morpholine rings is 1. The second-order valence-electron chi connectivity index (χ2n) is 5.30. The van der Waals surface area contributed by atoms with E-state index < -0.39 is 0 Å². The molecule has 0 spiro atoms. The average Bonchev–Trinajstić information content (AvgIpc) is 3.04. The lowest BCUT2D eigenvalue weighted by Gasteiger charge is -2.25. The van der Waals surface area contributed by atoms with Gasteiger partial charge in [-0.25, -0.2) is 9.37 Å². The van der Waals surface area contributed by atoms with Crippen LogP contribution in [0.2, 0.25) is 0 Å². The first-order valence-corrected chi connectivity index (χ1v) is 8.36. The van der Waals surface area contributed by atoms with Crippen LogP contribution in [0.1, 0.15) is 5.01 Å². The van der Waals surface area contributed by atoms with E-state index >= 15 is 0 Å². The normalized spacial score (nSPS) is 15.5. The summed E-state index contributed by atoms with van der Waals surface area (Å²) in [6.07, 6.45) is 0. The van der Waals surface area contributed by atoms with E-state index in [0.717, 1.165) is 29.4 Å². The number of carbonyl (C=O) groups is 1. The highest BCUT2D eigenvalue weighted by Crippen LogP contribution is 2.22. The number of thiazole rings is 1. The summed E-state index contributed by atoms with van der Waals surface area (Å²) in [5.74, 6) is -0.273. The van der Waals surface area contributed by atoms with Gasteiger partial charge in [0.15, 0.2) is 0 Å². The van der Waals surface area contributed by atoms with E-state index in [4.69, 9.17) is 4.74 Å². The maximum atomic E-state index is 12.9. The lowest BCUT2D eigenvalue weighted by molar-refractivity contribution is -0.123. The maximum absolute atomic E-state index is 12.9. The van der Waals surface area contributed by atoms with Crippen LogP contribution < -0.4 is 5.32 Å². The fourth-order valence-electron chi connectivity index (χ4n) is 2.34. The molecule has 0 saturated carbocycles. The van der Waals surface area contributed by atoms with E-state index in [2.05, 4.69) is 15.2 Å². The van der Waals surface area contributed by atoms with Crippen molar-refractivity contribution in [3.05, 3.63) is 40.5 Å². The summed E-state index contributed by atoms with van der Waals surface area (Å²) in [7, 11) is 0. The van der Waals surface area contributed by atoms with Gasteiger partial charge in [-0.15, -0.1) is 11.3 Å². The highest BCUT2D eigenvalue weighted by Gasteiger charge is 2.14. The molecule has 0 radical (unpaired) electrons. The maximum Gasteiger partial charge on any atom is 0.234 e. The zero-order valence-electron chi connectivity index (χ0n) is 12.6. The first-order valence-electron chi connectivity index (χ1n) is 7.48. The third-order valence-electron chi connectivity index (χ3n) is 3.60. The summed E-state index contributed by atoms with van der Waals surface area (Å²) < 4.78 is 18.2. The third-order valence-corrected chi connectivity index (χ3v) is 4.45. The van der Waals surface area contributed by atoms with Crippen molar-refractivity contribution in [3.8, 4) is 11.3 Å². The molecule has 1 saturated heterocycles. The zero-order valence-corrected chi connectivity index (χ0v) is 13.4. The molecule has 1 aliphatic rings. The molecule has 122 valence electrons. The van der Waals surface area contributed by atoms with Gasteiger partial charge in [0.05, 0.1) is 32.0 Å². The number of hydrogen-bond acceptors (Lipinski definition) is 5. The number of nitrogens with zero attached hydrogens (tertiary/aromatic N) is 2. The quantitative estimate of drug-likeness (QED) is 0.907. The van der Waals surface area contributed by atoms with Crippen LogP contribution in [0.4, 0.5) is 4.39 Å². The molecule has 23 heavy (non-hydrogen) atoms. The summed E-state index contributed by atoms with van der Waals surface area (Å²) >= 11 is 1.48. The fourth-order valence-corrected chi connectivity index (χ4v) is 3.08. The van der Waals surface area contributed by atoms with Crippen molar-refractivity contribution in [2.24, 2.45) is 0 Å². The number of hydrogen-bond donors (Lipinski definition) is 1. The van der Waals surface area contributed by atoms with Crippen molar-refractivity contribution in [1.82, 2.24) is 15.2 Å². The number of carbonyl (C=O) groups excluding carboxylic acids is 1. The first kappa shape index (κ1) is 16.0. The second-order valence-corrected chi connectivity index (χ2v) is 6.24. The second kappa shape index (κ2) is 7.63. The van der Waals surface area contributed by atoms with Gasteiger partial charge in [0.1, 0.15) is 10.8 Å². The molecule has 0 aliphatic carbocycles. The predicted molar refractivity (Wildman–Crippen MR) is 86.6 cm³/mol. The Balaban J connectivity index is 1.50. The van der Waals surface area contributed by atoms with E-state index in [1.165, 1.54) is 23.5 Å². The molecule has 1 aromatic carbocycles. The largest absolute Gasteiger partial charge is 0.379 e. The van der Waals surface area contributed by atoms with Crippen LogP contribution in [0.3, 0.4) is 0 Å². The molecule has 1 aromatic heterocycles. The Morgan fingerprint density at radius 2 is 2.04 bits per heavy atom. The van der Waals surface area contributed by atoms with Crippen molar-refractivity contribution < 1.29 is 13.9 Å². The van der Waals surface area contributed by atoms with Gasteiger partial charge in [0.2, 0.25) is 5.91 Å². The van der Waals surface area contributed by atoms with Crippen LogP contribution in [-0.4, -0.2) is 48.6 Å². The lowest BCUT2D eigenvalue weighted by atomic mass is 10.2. The van der Waals surface area contributed by atoms with Gasteiger partial charge >= 0.3 is 0 Å². The van der Waals surface area contributed by atoms with Crippen LogP contribution in [-0.2, 0) is 16.1 Å². The van der Waals surface area contributed by atoms with Gasteiger partial charge in [0.25, 0.3) is 0 Å². The number of benzene rings is 1. The number of nitrogens with one attached hydrogen (secondary N) is 1. The molecule has 1 N–H and O–H groups in total. The monoisotopic (exact) mass is 335 g/mol. The number of ether oxygens (including phenoxy) is 1. The molecular weight excluding hydrogens is 317 g/mol. The molecule has 7 heteroatoms. The van der Waals surface area contributed by atoms with E-state index in [9.17, 15) is 9.18 Å². The molecule has 2 aromatic rings. The molecular formula is C16H18FN3O2S. The van der Waals surface area contributed by atoms with Gasteiger partial charge in [-0.3, -0.25) is 9.69 Å².